The van der Waals surface area contributed by atoms with E-state index in [1.165, 1.54) is 0 Å². The number of halogens is 1. The average Bonchev–Trinajstić information content (AvgIpc) is 2.54. The van der Waals surface area contributed by atoms with Gasteiger partial charge in [0.25, 0.3) is 5.91 Å². The minimum atomic E-state index is -0.117. The molecule has 7 heteroatoms. The number of rotatable bonds is 7. The van der Waals surface area contributed by atoms with Crippen molar-refractivity contribution in [3.8, 4) is 5.75 Å². The molecule has 1 aromatic carbocycles. The highest BCUT2D eigenvalue weighted by atomic mass is 127. The molecular formula is C15H23IN4O2. The normalized spacial score (nSPS) is 10.2. The fourth-order valence-electron chi connectivity index (χ4n) is 1.59. The molecule has 0 aromatic heterocycles. The Bertz CT molecular complexity index is 489. The summed E-state index contributed by atoms with van der Waals surface area (Å²) in [6.45, 7) is 5.34. The van der Waals surface area contributed by atoms with Gasteiger partial charge in [-0.3, -0.25) is 9.79 Å². The predicted octanol–water partition coefficient (Wildman–Crippen LogP) is 1.39. The Morgan fingerprint density at radius 2 is 1.86 bits per heavy atom. The maximum absolute atomic E-state index is 11.9. The summed E-state index contributed by atoms with van der Waals surface area (Å²) < 4.78 is 5.05. The molecule has 1 rings (SSSR count). The number of carbonyl (C=O) groups excluding carboxylic acids is 1. The summed E-state index contributed by atoms with van der Waals surface area (Å²) in [6, 6.07) is 6.97. The first-order chi connectivity index (χ1) is 10.2. The number of amides is 1. The Balaban J connectivity index is 0.00000441. The standard InChI is InChI=1S/C15H22N4O2.HI/c1-4-9-18-15(16-2)19-11-10-17-14(20)12-5-7-13(21-3)8-6-12;/h4-8H,1,9-11H2,2-3H3,(H,17,20)(H2,16,18,19);1H. The van der Waals surface area contributed by atoms with Gasteiger partial charge >= 0.3 is 0 Å². The van der Waals surface area contributed by atoms with Gasteiger partial charge < -0.3 is 20.7 Å². The van der Waals surface area contributed by atoms with E-state index in [4.69, 9.17) is 4.74 Å². The van der Waals surface area contributed by atoms with Crippen LogP contribution in [-0.2, 0) is 0 Å². The van der Waals surface area contributed by atoms with Crippen LogP contribution < -0.4 is 20.7 Å². The smallest absolute Gasteiger partial charge is 0.251 e. The summed E-state index contributed by atoms with van der Waals surface area (Å²) in [7, 11) is 3.28. The third kappa shape index (κ3) is 7.30. The monoisotopic (exact) mass is 418 g/mol. The molecule has 0 aliphatic rings. The van der Waals surface area contributed by atoms with E-state index in [1.54, 1.807) is 44.5 Å². The number of methoxy groups -OCH3 is 1. The maximum atomic E-state index is 11.9. The summed E-state index contributed by atoms with van der Waals surface area (Å²) in [4.78, 5) is 15.9. The lowest BCUT2D eigenvalue weighted by Gasteiger charge is -2.11. The van der Waals surface area contributed by atoms with Crippen molar-refractivity contribution in [3.63, 3.8) is 0 Å². The SMILES string of the molecule is C=CCNC(=NC)NCCNC(=O)c1ccc(OC)cc1.I. The minimum absolute atomic E-state index is 0. The Labute approximate surface area is 148 Å². The van der Waals surface area contributed by atoms with Gasteiger partial charge in [0.15, 0.2) is 5.96 Å². The first-order valence-corrected chi connectivity index (χ1v) is 6.69. The van der Waals surface area contributed by atoms with Gasteiger partial charge in [0.1, 0.15) is 5.75 Å². The van der Waals surface area contributed by atoms with Crippen molar-refractivity contribution >= 4 is 35.8 Å². The predicted molar refractivity (Wildman–Crippen MR) is 100 cm³/mol. The number of hydrogen-bond acceptors (Lipinski definition) is 3. The quantitative estimate of drug-likeness (QED) is 0.206. The zero-order chi connectivity index (χ0) is 15.5. The van der Waals surface area contributed by atoms with Crippen LogP contribution in [0.3, 0.4) is 0 Å². The van der Waals surface area contributed by atoms with Gasteiger partial charge in [0.2, 0.25) is 0 Å². The van der Waals surface area contributed by atoms with Crippen molar-refractivity contribution in [2.75, 3.05) is 33.8 Å². The molecule has 0 saturated heterocycles. The van der Waals surface area contributed by atoms with Crippen molar-refractivity contribution in [3.05, 3.63) is 42.5 Å². The van der Waals surface area contributed by atoms with Gasteiger partial charge in [-0.05, 0) is 24.3 Å². The molecule has 0 heterocycles. The summed E-state index contributed by atoms with van der Waals surface area (Å²) >= 11 is 0. The van der Waals surface area contributed by atoms with E-state index in [-0.39, 0.29) is 29.9 Å². The number of nitrogens with zero attached hydrogens (tertiary/aromatic N) is 1. The Morgan fingerprint density at radius 3 is 2.41 bits per heavy atom. The third-order valence-electron chi connectivity index (χ3n) is 2.69. The Kier molecular flexibility index (Phi) is 10.9. The Morgan fingerprint density at radius 1 is 1.23 bits per heavy atom. The lowest BCUT2D eigenvalue weighted by molar-refractivity contribution is 0.0954. The molecule has 3 N–H and O–H groups in total. The van der Waals surface area contributed by atoms with E-state index in [9.17, 15) is 4.79 Å². The molecule has 22 heavy (non-hydrogen) atoms. The van der Waals surface area contributed by atoms with Crippen LogP contribution in [0.5, 0.6) is 5.75 Å². The molecule has 122 valence electrons. The van der Waals surface area contributed by atoms with Crippen LogP contribution in [-0.4, -0.2) is 45.7 Å². The maximum Gasteiger partial charge on any atom is 0.251 e. The Hall–Kier alpha value is -1.77. The molecule has 1 aromatic rings. The van der Waals surface area contributed by atoms with Crippen LogP contribution in [0.2, 0.25) is 0 Å². The fourth-order valence-corrected chi connectivity index (χ4v) is 1.59. The van der Waals surface area contributed by atoms with Crippen LogP contribution in [0.1, 0.15) is 10.4 Å². The van der Waals surface area contributed by atoms with Crippen molar-refractivity contribution in [2.45, 2.75) is 0 Å². The third-order valence-corrected chi connectivity index (χ3v) is 2.69. The van der Waals surface area contributed by atoms with E-state index in [0.717, 1.165) is 5.75 Å². The lowest BCUT2D eigenvalue weighted by atomic mass is 10.2. The molecule has 6 nitrogen and oxygen atoms in total. The number of aliphatic imine (C=N–C) groups is 1. The van der Waals surface area contributed by atoms with Gasteiger partial charge in [-0.2, -0.15) is 0 Å². The summed E-state index contributed by atoms with van der Waals surface area (Å²) in [5.41, 5.74) is 0.602. The van der Waals surface area contributed by atoms with Gasteiger partial charge in [-0.1, -0.05) is 6.08 Å². The number of benzene rings is 1. The van der Waals surface area contributed by atoms with Gasteiger partial charge in [-0.15, -0.1) is 30.6 Å². The molecule has 0 fully saturated rings. The first kappa shape index (κ1) is 20.2. The summed E-state index contributed by atoms with van der Waals surface area (Å²) in [5.74, 6) is 1.28. The van der Waals surface area contributed by atoms with E-state index in [1.807, 2.05) is 0 Å². The molecule has 0 unspecified atom stereocenters. The average molecular weight is 418 g/mol. The van der Waals surface area contributed by atoms with E-state index in [2.05, 4.69) is 27.5 Å². The second-order valence-electron chi connectivity index (χ2n) is 4.15. The van der Waals surface area contributed by atoms with E-state index < -0.39 is 0 Å². The van der Waals surface area contributed by atoms with Crippen LogP contribution in [0.4, 0.5) is 0 Å². The number of nitrogens with one attached hydrogen (secondary N) is 3. The second kappa shape index (κ2) is 11.8. The lowest BCUT2D eigenvalue weighted by Crippen LogP contribution is -2.41. The fraction of sp³-hybridized carbons (Fsp3) is 0.333. The van der Waals surface area contributed by atoms with Gasteiger partial charge in [0.05, 0.1) is 7.11 Å². The highest BCUT2D eigenvalue weighted by Gasteiger charge is 2.04. The number of carbonyl (C=O) groups is 1. The molecule has 1 amide bonds. The van der Waals surface area contributed by atoms with Crippen LogP contribution >= 0.6 is 24.0 Å². The largest absolute Gasteiger partial charge is 0.497 e. The molecule has 0 bridgehead atoms. The number of ether oxygens (including phenoxy) is 1. The molecule has 0 spiro atoms. The zero-order valence-corrected chi connectivity index (χ0v) is 15.2. The molecule has 0 atom stereocenters. The second-order valence-corrected chi connectivity index (χ2v) is 4.15. The number of guanidine groups is 1. The molecule has 0 aliphatic carbocycles. The van der Waals surface area contributed by atoms with Crippen LogP contribution in [0.25, 0.3) is 0 Å². The highest BCUT2D eigenvalue weighted by molar-refractivity contribution is 14.0. The van der Waals surface area contributed by atoms with Crippen molar-refractivity contribution in [2.24, 2.45) is 4.99 Å². The molecular weight excluding hydrogens is 395 g/mol. The minimum Gasteiger partial charge on any atom is -0.497 e. The topological polar surface area (TPSA) is 74.8 Å². The van der Waals surface area contributed by atoms with Crippen molar-refractivity contribution in [1.29, 1.82) is 0 Å². The van der Waals surface area contributed by atoms with Gasteiger partial charge in [0, 0.05) is 32.2 Å². The summed E-state index contributed by atoms with van der Waals surface area (Å²) in [6.07, 6.45) is 1.75. The van der Waals surface area contributed by atoms with Crippen LogP contribution in [0.15, 0.2) is 41.9 Å². The highest BCUT2D eigenvalue weighted by Crippen LogP contribution is 2.10. The molecule has 0 radical (unpaired) electrons. The molecule has 0 aliphatic heterocycles. The number of hydrogen-bond donors (Lipinski definition) is 3. The van der Waals surface area contributed by atoms with Crippen LogP contribution in [0, 0.1) is 0 Å². The van der Waals surface area contributed by atoms with Crippen molar-refractivity contribution in [1.82, 2.24) is 16.0 Å². The van der Waals surface area contributed by atoms with Crippen molar-refractivity contribution < 1.29 is 9.53 Å². The van der Waals surface area contributed by atoms with Gasteiger partial charge in [-0.25, -0.2) is 0 Å². The van der Waals surface area contributed by atoms with E-state index in [0.29, 0.717) is 31.2 Å². The first-order valence-electron chi connectivity index (χ1n) is 6.69. The molecule has 0 saturated carbocycles. The van der Waals surface area contributed by atoms with E-state index >= 15 is 0 Å². The summed E-state index contributed by atoms with van der Waals surface area (Å²) in [5, 5.41) is 8.96. The zero-order valence-electron chi connectivity index (χ0n) is 12.9.